The Kier molecular flexibility index (Phi) is 7.15. The lowest BCUT2D eigenvalue weighted by Gasteiger charge is -2.35. The van der Waals surface area contributed by atoms with Gasteiger partial charge in [0.05, 0.1) is 18.1 Å². The Labute approximate surface area is 192 Å². The van der Waals surface area contributed by atoms with E-state index >= 15 is 0 Å². The number of likely N-dealkylation sites (tertiary alicyclic amines) is 1. The van der Waals surface area contributed by atoms with Crippen LogP contribution in [-0.4, -0.2) is 59.2 Å². The summed E-state index contributed by atoms with van der Waals surface area (Å²) in [7, 11) is 1.33. The van der Waals surface area contributed by atoms with Crippen molar-refractivity contribution in [1.82, 2.24) is 14.5 Å². The van der Waals surface area contributed by atoms with Gasteiger partial charge in [-0.3, -0.25) is 9.69 Å². The zero-order chi connectivity index (χ0) is 23.4. The molecule has 4 rings (SSSR count). The Morgan fingerprint density at radius 1 is 1.12 bits per heavy atom. The first-order valence-electron chi connectivity index (χ1n) is 11.1. The molecule has 33 heavy (non-hydrogen) atoms. The quantitative estimate of drug-likeness (QED) is 0.383. The van der Waals surface area contributed by atoms with E-state index in [1.165, 1.54) is 19.2 Å². The van der Waals surface area contributed by atoms with Crippen molar-refractivity contribution < 1.29 is 23.5 Å². The Hall–Kier alpha value is -3.10. The molecule has 0 amide bonds. The molecule has 174 valence electrons. The first-order valence-corrected chi connectivity index (χ1v) is 11.1. The van der Waals surface area contributed by atoms with Crippen molar-refractivity contribution in [2.75, 3.05) is 26.8 Å². The number of Topliss-reactive ketones (excluding diaryl/α,β-unsaturated/α-hetero) is 1. The van der Waals surface area contributed by atoms with E-state index in [-0.39, 0.29) is 30.4 Å². The van der Waals surface area contributed by atoms with Gasteiger partial charge in [0, 0.05) is 25.6 Å². The Morgan fingerprint density at radius 3 is 2.52 bits per heavy atom. The number of hydrogen-bond acceptors (Lipinski definition) is 6. The van der Waals surface area contributed by atoms with Gasteiger partial charge in [0.15, 0.2) is 5.82 Å². The maximum Gasteiger partial charge on any atom is 0.331 e. The Bertz CT molecular complexity index is 1120. The number of ketones is 1. The van der Waals surface area contributed by atoms with E-state index in [0.29, 0.717) is 38.3 Å². The molecule has 2 heterocycles. The van der Waals surface area contributed by atoms with Crippen molar-refractivity contribution in [3.63, 3.8) is 0 Å². The molecule has 0 N–H and O–H groups in total. The summed E-state index contributed by atoms with van der Waals surface area (Å²) >= 11 is 0. The van der Waals surface area contributed by atoms with E-state index in [1.807, 2.05) is 35.8 Å². The molecule has 1 saturated heterocycles. The van der Waals surface area contributed by atoms with Crippen molar-refractivity contribution in [3.8, 4) is 0 Å². The minimum absolute atomic E-state index is 0.0242. The van der Waals surface area contributed by atoms with Crippen LogP contribution in [-0.2, 0) is 20.8 Å². The molecule has 0 spiro atoms. The minimum Gasteiger partial charge on any atom is -0.467 e. The van der Waals surface area contributed by atoms with Crippen LogP contribution in [0.5, 0.6) is 0 Å². The molecule has 1 atom stereocenters. The fraction of sp³-hybridized carbons (Fsp3) is 0.400. The van der Waals surface area contributed by atoms with E-state index in [2.05, 4.69) is 14.6 Å². The van der Waals surface area contributed by atoms with E-state index in [9.17, 15) is 14.0 Å². The molecule has 8 heteroatoms. The highest BCUT2D eigenvalue weighted by atomic mass is 19.1. The first kappa shape index (κ1) is 23.1. The second-order valence-electron chi connectivity index (χ2n) is 8.30. The zero-order valence-electron chi connectivity index (χ0n) is 18.9. The summed E-state index contributed by atoms with van der Waals surface area (Å²) < 4.78 is 25.5. The second kappa shape index (κ2) is 10.2. The van der Waals surface area contributed by atoms with Gasteiger partial charge in [-0.1, -0.05) is 24.3 Å². The van der Waals surface area contributed by atoms with E-state index in [4.69, 9.17) is 4.74 Å². The number of imidazole rings is 1. The lowest BCUT2D eigenvalue weighted by molar-refractivity contribution is -0.152. The van der Waals surface area contributed by atoms with Crippen LogP contribution >= 0.6 is 0 Å². The fourth-order valence-electron chi connectivity index (χ4n) is 4.26. The van der Waals surface area contributed by atoms with E-state index < -0.39 is 5.97 Å². The number of aromatic nitrogens is 2. The van der Waals surface area contributed by atoms with Gasteiger partial charge in [-0.05, 0) is 49.6 Å². The summed E-state index contributed by atoms with van der Waals surface area (Å²) in [6.07, 6.45) is 1.14. The van der Waals surface area contributed by atoms with Crippen molar-refractivity contribution in [1.29, 1.82) is 0 Å². The number of esters is 1. The molecule has 0 radical (unpaired) electrons. The molecular weight excluding hydrogens is 425 g/mol. The Morgan fingerprint density at radius 2 is 1.82 bits per heavy atom. The zero-order valence-corrected chi connectivity index (χ0v) is 18.9. The number of rotatable bonds is 8. The van der Waals surface area contributed by atoms with Crippen molar-refractivity contribution in [2.24, 2.45) is 5.92 Å². The highest BCUT2D eigenvalue weighted by Gasteiger charge is 2.31. The van der Waals surface area contributed by atoms with Gasteiger partial charge in [0.2, 0.25) is 5.78 Å². The number of piperidine rings is 1. The van der Waals surface area contributed by atoms with Gasteiger partial charge in [-0.15, -0.1) is 0 Å². The summed E-state index contributed by atoms with van der Waals surface area (Å²) in [5.41, 5.74) is 2.55. The van der Waals surface area contributed by atoms with Crippen LogP contribution in [0.25, 0.3) is 11.0 Å². The van der Waals surface area contributed by atoms with Crippen LogP contribution < -0.4 is 0 Å². The molecular formula is C25H28FN3O4. The number of ether oxygens (including phenoxy) is 2. The number of methoxy groups -OCH3 is 1. The molecule has 1 unspecified atom stereocenters. The number of hydrogen-bond donors (Lipinski definition) is 0. The predicted octanol–water partition coefficient (Wildman–Crippen LogP) is 3.65. The lowest BCUT2D eigenvalue weighted by atomic mass is 9.92. The standard InChI is InChI=1S/C25H28FN3O4/c1-17(33-16-23(30)32-2)28-13-11-19(12-14-28)24(31)25-27-21-5-3-4-6-22(21)29(25)15-18-7-9-20(26)10-8-18/h3-10,17,19H,11-16H2,1-2H3. The molecule has 1 fully saturated rings. The average molecular weight is 454 g/mol. The third-order valence-corrected chi connectivity index (χ3v) is 6.21. The van der Waals surface area contributed by atoms with Crippen LogP contribution in [0.2, 0.25) is 0 Å². The van der Waals surface area contributed by atoms with Crippen LogP contribution in [0.15, 0.2) is 48.5 Å². The molecule has 1 aromatic heterocycles. The van der Waals surface area contributed by atoms with Crippen molar-refractivity contribution in [3.05, 3.63) is 65.7 Å². The molecule has 1 aliphatic heterocycles. The number of halogens is 1. The third-order valence-electron chi connectivity index (χ3n) is 6.21. The van der Waals surface area contributed by atoms with E-state index in [1.54, 1.807) is 12.1 Å². The van der Waals surface area contributed by atoms with Gasteiger partial charge in [0.25, 0.3) is 0 Å². The van der Waals surface area contributed by atoms with Crippen LogP contribution in [0.3, 0.4) is 0 Å². The molecule has 7 nitrogen and oxygen atoms in total. The highest BCUT2D eigenvalue weighted by Crippen LogP contribution is 2.26. The monoisotopic (exact) mass is 453 g/mol. The predicted molar refractivity (Wildman–Crippen MR) is 121 cm³/mol. The summed E-state index contributed by atoms with van der Waals surface area (Å²) in [5.74, 6) is -0.378. The number of benzene rings is 2. The topological polar surface area (TPSA) is 73.7 Å². The molecule has 3 aromatic rings. The maximum atomic E-state index is 13.5. The molecule has 0 saturated carbocycles. The third kappa shape index (κ3) is 5.29. The van der Waals surface area contributed by atoms with Gasteiger partial charge in [0.1, 0.15) is 18.7 Å². The SMILES string of the molecule is COC(=O)COC(C)N1CCC(C(=O)c2nc3ccccc3n2Cc2ccc(F)cc2)CC1. The lowest BCUT2D eigenvalue weighted by Crippen LogP contribution is -2.43. The highest BCUT2D eigenvalue weighted by molar-refractivity contribution is 5.98. The Balaban J connectivity index is 1.48. The molecule has 0 bridgehead atoms. The average Bonchev–Trinajstić information content (AvgIpc) is 3.21. The first-order chi connectivity index (χ1) is 16.0. The molecule has 1 aliphatic rings. The number of carbonyl (C=O) groups is 2. The minimum atomic E-state index is -0.410. The largest absolute Gasteiger partial charge is 0.467 e. The van der Waals surface area contributed by atoms with Crippen molar-refractivity contribution in [2.45, 2.75) is 32.5 Å². The van der Waals surface area contributed by atoms with Gasteiger partial charge >= 0.3 is 5.97 Å². The number of carbonyl (C=O) groups excluding carboxylic acids is 2. The number of nitrogens with zero attached hydrogens (tertiary/aromatic N) is 3. The second-order valence-corrected chi connectivity index (χ2v) is 8.30. The van der Waals surface area contributed by atoms with Gasteiger partial charge in [-0.25, -0.2) is 14.2 Å². The smallest absolute Gasteiger partial charge is 0.331 e. The maximum absolute atomic E-state index is 13.5. The molecule has 0 aliphatic carbocycles. The number of para-hydroxylation sites is 2. The normalized spacial score (nSPS) is 16.1. The van der Waals surface area contributed by atoms with Gasteiger partial charge < -0.3 is 14.0 Å². The summed E-state index contributed by atoms with van der Waals surface area (Å²) in [4.78, 5) is 31.6. The summed E-state index contributed by atoms with van der Waals surface area (Å²) in [6, 6.07) is 14.0. The van der Waals surface area contributed by atoms with Crippen molar-refractivity contribution >= 4 is 22.8 Å². The van der Waals surface area contributed by atoms with Crippen LogP contribution in [0, 0.1) is 11.7 Å². The van der Waals surface area contributed by atoms with E-state index in [0.717, 1.165) is 16.6 Å². The molecule has 2 aromatic carbocycles. The number of fused-ring (bicyclic) bond motifs is 1. The van der Waals surface area contributed by atoms with Gasteiger partial charge in [-0.2, -0.15) is 0 Å². The summed E-state index contributed by atoms with van der Waals surface area (Å²) in [5, 5.41) is 0. The van der Waals surface area contributed by atoms with Crippen LogP contribution in [0.4, 0.5) is 4.39 Å². The van der Waals surface area contributed by atoms with Crippen LogP contribution in [0.1, 0.15) is 35.9 Å². The summed E-state index contributed by atoms with van der Waals surface area (Å²) in [6.45, 7) is 3.63. The fourth-order valence-corrected chi connectivity index (χ4v) is 4.26.